The molecule has 1 aliphatic heterocycles. The van der Waals surface area contributed by atoms with E-state index in [2.05, 4.69) is 24.7 Å². The van der Waals surface area contributed by atoms with E-state index in [4.69, 9.17) is 9.47 Å². The Balaban J connectivity index is 1.49. The Labute approximate surface area is 322 Å². The highest BCUT2D eigenvalue weighted by Crippen LogP contribution is 2.32. The first kappa shape index (κ1) is 42.1. The number of thioether (sulfide) groups is 2. The standard InChI is InChI=1S/C32H35F4N7O8S4/c1-19(14-44)50-27-12-25(37-31(39-27)52-16-21-6-3-8-23(33)29(21)35)41-54(46,47)18-43(55(48,49)42-10-5-11-42)26-13-28(51-20(2)15-45)40-32(38-26)53-17-22-7-4-9-24(34)30(22)36/h3-4,6-9,12-13,19-20,44-45H,5,10-11,14-18H2,1-2H3,(H,37,39,41)/t19-,20-/m1/s1. The van der Waals surface area contributed by atoms with Crippen molar-refractivity contribution in [2.75, 3.05) is 41.2 Å². The van der Waals surface area contributed by atoms with E-state index in [0.29, 0.717) is 10.7 Å². The molecule has 23 heteroatoms. The number of nitrogens with one attached hydrogen (secondary N) is 1. The van der Waals surface area contributed by atoms with Gasteiger partial charge in [0.1, 0.15) is 18.0 Å². The smallest absolute Gasteiger partial charge is 0.306 e. The molecule has 0 radical (unpaired) electrons. The van der Waals surface area contributed by atoms with E-state index < -0.39 is 86.4 Å². The number of ether oxygens (including phenoxy) is 2. The first-order valence-corrected chi connectivity index (χ1v) is 21.3. The van der Waals surface area contributed by atoms with E-state index in [1.54, 1.807) is 0 Å². The number of hydrogen-bond donors (Lipinski definition) is 3. The number of anilines is 2. The highest BCUT2D eigenvalue weighted by molar-refractivity contribution is 7.98. The molecule has 3 heterocycles. The second kappa shape index (κ2) is 18.3. The van der Waals surface area contributed by atoms with Crippen LogP contribution < -0.4 is 18.5 Å². The van der Waals surface area contributed by atoms with Crippen molar-refractivity contribution in [1.29, 1.82) is 0 Å². The zero-order chi connectivity index (χ0) is 39.9. The lowest BCUT2D eigenvalue weighted by atomic mass is 10.2. The summed E-state index contributed by atoms with van der Waals surface area (Å²) < 4.78 is 127. The number of hydrogen-bond acceptors (Lipinski definition) is 14. The van der Waals surface area contributed by atoms with E-state index in [9.17, 15) is 44.6 Å². The van der Waals surface area contributed by atoms with Gasteiger partial charge in [-0.3, -0.25) is 4.72 Å². The highest BCUT2D eigenvalue weighted by Gasteiger charge is 2.38. The summed E-state index contributed by atoms with van der Waals surface area (Å²) in [4.78, 5) is 16.8. The molecule has 0 amide bonds. The molecule has 3 N–H and O–H groups in total. The molecular formula is C32H35F4N7O8S4. The van der Waals surface area contributed by atoms with Crippen LogP contribution in [0.5, 0.6) is 11.8 Å². The Morgan fingerprint density at radius 1 is 0.800 bits per heavy atom. The van der Waals surface area contributed by atoms with Gasteiger partial charge in [-0.1, -0.05) is 47.8 Å². The van der Waals surface area contributed by atoms with Crippen molar-refractivity contribution >= 4 is 55.4 Å². The molecule has 2 aromatic carbocycles. The van der Waals surface area contributed by atoms with Gasteiger partial charge in [-0.2, -0.15) is 22.7 Å². The van der Waals surface area contributed by atoms with Crippen molar-refractivity contribution in [1.82, 2.24) is 24.2 Å². The number of sulfonamides is 1. The maximum Gasteiger partial charge on any atom is 0.306 e. The molecule has 0 unspecified atom stereocenters. The Morgan fingerprint density at radius 2 is 1.31 bits per heavy atom. The molecule has 55 heavy (non-hydrogen) atoms. The number of benzene rings is 2. The quantitative estimate of drug-likeness (QED) is 0.0693. The third-order valence-corrected chi connectivity index (χ3v) is 12.5. The minimum atomic E-state index is -4.73. The van der Waals surface area contributed by atoms with Crippen LogP contribution >= 0.6 is 23.5 Å². The molecule has 0 saturated carbocycles. The van der Waals surface area contributed by atoms with Crippen LogP contribution in [0.3, 0.4) is 0 Å². The SMILES string of the molecule is C[C@H](CO)Oc1cc(NS(=O)(=O)CN(c2cc(O[C@H](C)CO)nc(SCc3cccc(F)c3F)n2)S(=O)(=O)N2CCC2)nc(SCc2cccc(F)c2F)n1. The maximum absolute atomic E-state index is 14.4. The number of aliphatic hydroxyl groups is 2. The molecule has 4 aromatic rings. The zero-order valence-corrected chi connectivity index (χ0v) is 32.4. The second-order valence-electron chi connectivity index (χ2n) is 11.9. The summed E-state index contributed by atoms with van der Waals surface area (Å²) in [5.41, 5.74) is -0.0833. The average molecular weight is 850 g/mol. The lowest BCUT2D eigenvalue weighted by Gasteiger charge is -2.35. The summed E-state index contributed by atoms with van der Waals surface area (Å²) in [6.45, 7) is 2.23. The molecule has 1 saturated heterocycles. The van der Waals surface area contributed by atoms with Crippen molar-refractivity contribution in [2.24, 2.45) is 0 Å². The first-order chi connectivity index (χ1) is 26.1. The fourth-order valence-corrected chi connectivity index (χ4v) is 9.42. The van der Waals surface area contributed by atoms with Crippen LogP contribution in [0.4, 0.5) is 29.2 Å². The summed E-state index contributed by atoms with van der Waals surface area (Å²) in [6.07, 6.45) is -1.15. The van der Waals surface area contributed by atoms with Crippen LogP contribution in [0.1, 0.15) is 31.4 Å². The molecule has 0 bridgehead atoms. The van der Waals surface area contributed by atoms with Gasteiger partial charge < -0.3 is 19.7 Å². The second-order valence-corrected chi connectivity index (χ2v) is 17.3. The van der Waals surface area contributed by atoms with Crippen molar-refractivity contribution in [2.45, 2.75) is 54.3 Å². The summed E-state index contributed by atoms with van der Waals surface area (Å²) >= 11 is 1.60. The van der Waals surface area contributed by atoms with Gasteiger partial charge in [0, 0.05) is 47.9 Å². The number of aromatic nitrogens is 4. The summed E-state index contributed by atoms with van der Waals surface area (Å²) in [7, 11) is -9.33. The molecule has 0 spiro atoms. The molecule has 15 nitrogen and oxygen atoms in total. The zero-order valence-electron chi connectivity index (χ0n) is 29.1. The van der Waals surface area contributed by atoms with Gasteiger partial charge in [0.15, 0.2) is 45.3 Å². The number of rotatable bonds is 19. The maximum atomic E-state index is 14.4. The van der Waals surface area contributed by atoms with Crippen LogP contribution in [0, 0.1) is 23.3 Å². The van der Waals surface area contributed by atoms with Crippen molar-refractivity contribution in [3.63, 3.8) is 0 Å². The molecule has 1 aliphatic rings. The van der Waals surface area contributed by atoms with Crippen molar-refractivity contribution < 1.29 is 54.1 Å². The lowest BCUT2D eigenvalue weighted by molar-refractivity contribution is 0.124. The van der Waals surface area contributed by atoms with Gasteiger partial charge in [-0.05, 0) is 32.4 Å². The van der Waals surface area contributed by atoms with E-state index in [1.807, 2.05) is 0 Å². The third-order valence-electron chi connectivity index (χ3n) is 7.51. The average Bonchev–Trinajstić information content (AvgIpc) is 3.10. The van der Waals surface area contributed by atoms with E-state index in [-0.39, 0.29) is 57.8 Å². The van der Waals surface area contributed by atoms with Crippen LogP contribution in [0.25, 0.3) is 0 Å². The topological polar surface area (TPSA) is 197 Å². The normalized spacial score (nSPS) is 14.5. The van der Waals surface area contributed by atoms with Gasteiger partial charge in [-0.15, -0.1) is 0 Å². The molecule has 0 aliphatic carbocycles. The van der Waals surface area contributed by atoms with Crippen molar-refractivity contribution in [3.05, 3.63) is 82.9 Å². The summed E-state index contributed by atoms with van der Waals surface area (Å²) in [5, 5.41) is 18.8. The van der Waals surface area contributed by atoms with E-state index in [1.165, 1.54) is 38.1 Å². The van der Waals surface area contributed by atoms with Gasteiger partial charge >= 0.3 is 10.2 Å². The molecule has 2 atom stereocenters. The summed E-state index contributed by atoms with van der Waals surface area (Å²) in [5.74, 6) is -7.33. The number of halogens is 4. The van der Waals surface area contributed by atoms with Crippen molar-refractivity contribution in [3.8, 4) is 11.8 Å². The number of nitrogens with zero attached hydrogens (tertiary/aromatic N) is 6. The van der Waals surface area contributed by atoms with Gasteiger partial charge in [0.2, 0.25) is 11.8 Å². The largest absolute Gasteiger partial charge is 0.472 e. The fourth-order valence-electron chi connectivity index (χ4n) is 4.57. The van der Waals surface area contributed by atoms with Crippen LogP contribution in [0.2, 0.25) is 0 Å². The van der Waals surface area contributed by atoms with Gasteiger partial charge in [-0.25, -0.2) is 40.3 Å². The Morgan fingerprint density at radius 3 is 1.80 bits per heavy atom. The molecule has 298 valence electrons. The predicted octanol–water partition coefficient (Wildman–Crippen LogP) is 4.08. The van der Waals surface area contributed by atoms with E-state index in [0.717, 1.165) is 52.1 Å². The van der Waals surface area contributed by atoms with Crippen LogP contribution in [-0.4, -0.2) is 95.7 Å². The fraction of sp³-hybridized carbons (Fsp3) is 0.375. The first-order valence-electron chi connectivity index (χ1n) is 16.3. The van der Waals surface area contributed by atoms with E-state index >= 15 is 0 Å². The highest BCUT2D eigenvalue weighted by atomic mass is 32.2. The Kier molecular flexibility index (Phi) is 14.0. The molecule has 5 rings (SSSR count). The summed E-state index contributed by atoms with van der Waals surface area (Å²) in [6, 6.07) is 9.30. The third kappa shape index (κ3) is 11.1. The molecular weight excluding hydrogens is 815 g/mol. The number of aliphatic hydroxyl groups excluding tert-OH is 2. The molecule has 2 aromatic heterocycles. The Bertz CT molecular complexity index is 2210. The van der Waals surface area contributed by atoms with Gasteiger partial charge in [0.05, 0.1) is 13.2 Å². The minimum Gasteiger partial charge on any atom is -0.472 e. The lowest BCUT2D eigenvalue weighted by Crippen LogP contribution is -2.52. The van der Waals surface area contributed by atoms with Crippen LogP contribution in [-0.2, 0) is 31.7 Å². The molecule has 1 fully saturated rings. The van der Waals surface area contributed by atoms with Crippen LogP contribution in [0.15, 0.2) is 58.8 Å². The predicted molar refractivity (Wildman–Crippen MR) is 195 cm³/mol. The van der Waals surface area contributed by atoms with Gasteiger partial charge in [0.25, 0.3) is 10.0 Å². The Hall–Kier alpha value is -4.00. The minimum absolute atomic E-state index is 0.0298. The monoisotopic (exact) mass is 849 g/mol.